The second kappa shape index (κ2) is 6.67. The van der Waals surface area contributed by atoms with E-state index in [1.165, 1.54) is 25.7 Å². The highest BCUT2D eigenvalue weighted by Crippen LogP contribution is 2.49. The molecule has 2 aromatic rings. The summed E-state index contributed by atoms with van der Waals surface area (Å²) >= 11 is 3.46. The molecule has 0 N–H and O–H groups in total. The van der Waals surface area contributed by atoms with Gasteiger partial charge in [0, 0.05) is 10.9 Å². The van der Waals surface area contributed by atoms with Gasteiger partial charge in [0.05, 0.1) is 5.56 Å². The van der Waals surface area contributed by atoms with Gasteiger partial charge in [0.2, 0.25) is 5.89 Å². The summed E-state index contributed by atoms with van der Waals surface area (Å²) in [5.74, 6) is 2.66. The zero-order valence-electron chi connectivity index (χ0n) is 13.3. The highest BCUT2D eigenvalue weighted by Gasteiger charge is 2.40. The van der Waals surface area contributed by atoms with E-state index in [0.29, 0.717) is 24.1 Å². The molecule has 2 saturated carbocycles. The van der Waals surface area contributed by atoms with Crippen LogP contribution in [0.2, 0.25) is 0 Å². The molecular formula is C18H19BrN2O3. The number of rotatable bonds is 5. The minimum atomic E-state index is -0.159. The van der Waals surface area contributed by atoms with Gasteiger partial charge in [0.15, 0.2) is 6.61 Å². The molecule has 2 aliphatic rings. The molecule has 2 fully saturated rings. The first-order valence-electron chi connectivity index (χ1n) is 8.42. The summed E-state index contributed by atoms with van der Waals surface area (Å²) in [4.78, 5) is 12.1. The fourth-order valence-electron chi connectivity index (χ4n) is 4.10. The Balaban J connectivity index is 1.32. The van der Waals surface area contributed by atoms with Crippen molar-refractivity contribution in [2.45, 2.75) is 38.7 Å². The lowest BCUT2D eigenvalue weighted by molar-refractivity contribution is -0.147. The van der Waals surface area contributed by atoms with Gasteiger partial charge in [0.25, 0.3) is 5.89 Å². The molecule has 0 aliphatic heterocycles. The fourth-order valence-corrected chi connectivity index (χ4v) is 4.55. The molecular weight excluding hydrogens is 372 g/mol. The van der Waals surface area contributed by atoms with Crippen molar-refractivity contribution in [1.29, 1.82) is 0 Å². The number of hydrogen-bond acceptors (Lipinski definition) is 5. The fraction of sp³-hybridized carbons (Fsp3) is 0.500. The zero-order chi connectivity index (χ0) is 16.5. The first-order valence-corrected chi connectivity index (χ1v) is 9.21. The largest absolute Gasteiger partial charge is 0.456 e. The van der Waals surface area contributed by atoms with Crippen LogP contribution in [0.4, 0.5) is 0 Å². The lowest BCUT2D eigenvalue weighted by Crippen LogP contribution is -2.17. The molecule has 6 heteroatoms. The Morgan fingerprint density at radius 2 is 2.12 bits per heavy atom. The molecule has 2 aliphatic carbocycles. The predicted molar refractivity (Wildman–Crippen MR) is 90.8 cm³/mol. The molecule has 24 heavy (non-hydrogen) atoms. The molecule has 0 unspecified atom stereocenters. The zero-order valence-corrected chi connectivity index (χ0v) is 14.9. The van der Waals surface area contributed by atoms with Crippen LogP contribution in [-0.4, -0.2) is 16.2 Å². The predicted octanol–water partition coefficient (Wildman–Crippen LogP) is 4.37. The summed E-state index contributed by atoms with van der Waals surface area (Å²) in [5, 5.41) is 7.98. The topological polar surface area (TPSA) is 65.2 Å². The van der Waals surface area contributed by atoms with Gasteiger partial charge in [-0.1, -0.05) is 18.6 Å². The average Bonchev–Trinajstić information content (AvgIpc) is 3.30. The molecule has 1 aromatic heterocycles. The Morgan fingerprint density at radius 3 is 2.88 bits per heavy atom. The lowest BCUT2D eigenvalue weighted by Gasteiger charge is -2.20. The number of carbonyl (C=O) groups is 1. The van der Waals surface area contributed by atoms with Crippen molar-refractivity contribution >= 4 is 21.9 Å². The van der Waals surface area contributed by atoms with Crippen LogP contribution in [0.25, 0.3) is 11.5 Å². The van der Waals surface area contributed by atoms with Crippen molar-refractivity contribution in [3.8, 4) is 11.5 Å². The van der Waals surface area contributed by atoms with Gasteiger partial charge in [-0.15, -0.1) is 10.2 Å². The maximum Gasteiger partial charge on any atom is 0.306 e. The summed E-state index contributed by atoms with van der Waals surface area (Å²) in [7, 11) is 0. The molecule has 0 radical (unpaired) electrons. The lowest BCUT2D eigenvalue weighted by atomic mass is 9.86. The number of benzene rings is 1. The minimum absolute atomic E-state index is 0.0388. The van der Waals surface area contributed by atoms with E-state index in [2.05, 4.69) is 26.1 Å². The third kappa shape index (κ3) is 3.24. The molecule has 5 nitrogen and oxygen atoms in total. The van der Waals surface area contributed by atoms with E-state index in [1.54, 1.807) is 0 Å². The van der Waals surface area contributed by atoms with Gasteiger partial charge in [-0.3, -0.25) is 4.79 Å². The van der Waals surface area contributed by atoms with E-state index in [0.717, 1.165) is 21.9 Å². The van der Waals surface area contributed by atoms with Crippen molar-refractivity contribution in [2.75, 3.05) is 0 Å². The first-order chi connectivity index (χ1) is 11.7. The van der Waals surface area contributed by atoms with Crippen LogP contribution < -0.4 is 0 Å². The van der Waals surface area contributed by atoms with Crippen LogP contribution in [-0.2, 0) is 16.1 Å². The Morgan fingerprint density at radius 1 is 1.25 bits per heavy atom. The maximum absolute atomic E-state index is 12.1. The second-order valence-corrected chi connectivity index (χ2v) is 7.63. The summed E-state index contributed by atoms with van der Waals surface area (Å²) in [6, 6.07) is 7.62. The number of fused-ring (bicyclic) bond motifs is 2. The van der Waals surface area contributed by atoms with Crippen LogP contribution in [0, 0.1) is 17.8 Å². The van der Waals surface area contributed by atoms with Gasteiger partial charge in [-0.2, -0.15) is 0 Å². The summed E-state index contributed by atoms with van der Waals surface area (Å²) in [6.07, 6.45) is 5.63. The van der Waals surface area contributed by atoms with Gasteiger partial charge in [0.1, 0.15) is 0 Å². The van der Waals surface area contributed by atoms with Crippen LogP contribution in [0.3, 0.4) is 0 Å². The number of carbonyl (C=O) groups excluding carboxylic acids is 1. The second-order valence-electron chi connectivity index (χ2n) is 6.78. The van der Waals surface area contributed by atoms with Crippen LogP contribution in [0.15, 0.2) is 33.2 Å². The van der Waals surface area contributed by atoms with Gasteiger partial charge >= 0.3 is 5.97 Å². The number of halogens is 1. The highest BCUT2D eigenvalue weighted by atomic mass is 79.9. The van der Waals surface area contributed by atoms with E-state index < -0.39 is 0 Å². The van der Waals surface area contributed by atoms with Crippen molar-refractivity contribution in [3.05, 3.63) is 34.6 Å². The summed E-state index contributed by atoms with van der Waals surface area (Å²) in [5.41, 5.74) is 0.824. The smallest absolute Gasteiger partial charge is 0.306 e. The van der Waals surface area contributed by atoms with E-state index in [1.807, 2.05) is 24.3 Å². The van der Waals surface area contributed by atoms with Crippen molar-refractivity contribution in [2.24, 2.45) is 17.8 Å². The molecule has 0 amide bonds. The maximum atomic E-state index is 12.1. The average molecular weight is 391 g/mol. The normalized spacial score (nSPS) is 25.1. The molecule has 1 heterocycles. The van der Waals surface area contributed by atoms with Gasteiger partial charge in [-0.25, -0.2) is 0 Å². The molecule has 4 rings (SSSR count). The third-order valence-electron chi connectivity index (χ3n) is 5.24. The van der Waals surface area contributed by atoms with Gasteiger partial charge in [-0.05, 0) is 65.1 Å². The monoisotopic (exact) mass is 390 g/mol. The van der Waals surface area contributed by atoms with Crippen LogP contribution >= 0.6 is 15.9 Å². The minimum Gasteiger partial charge on any atom is -0.456 e. The molecule has 3 atom stereocenters. The van der Waals surface area contributed by atoms with Crippen molar-refractivity contribution in [3.63, 3.8) is 0 Å². The van der Waals surface area contributed by atoms with Gasteiger partial charge < -0.3 is 9.15 Å². The van der Waals surface area contributed by atoms with Crippen LogP contribution in [0.1, 0.15) is 38.0 Å². The first kappa shape index (κ1) is 15.8. The molecule has 1 aromatic carbocycles. The van der Waals surface area contributed by atoms with E-state index in [4.69, 9.17) is 9.15 Å². The standard InChI is InChI=1S/C18H19BrN2O3/c19-15-4-2-1-3-14(15)18-21-20-16(24-18)10-23-17(22)9-13-8-11-5-6-12(13)7-11/h1-4,11-13H,5-10H2/t11-,12+,13+/m0/s1. The number of nitrogens with zero attached hydrogens (tertiary/aromatic N) is 2. The number of aromatic nitrogens is 2. The summed E-state index contributed by atoms with van der Waals surface area (Å²) < 4.78 is 11.8. The van der Waals surface area contributed by atoms with Crippen LogP contribution in [0.5, 0.6) is 0 Å². The number of ether oxygens (including phenoxy) is 1. The Kier molecular flexibility index (Phi) is 4.39. The summed E-state index contributed by atoms with van der Waals surface area (Å²) in [6.45, 7) is 0.0388. The quantitative estimate of drug-likeness (QED) is 0.709. The molecule has 126 valence electrons. The van der Waals surface area contributed by atoms with Crippen molar-refractivity contribution < 1.29 is 13.9 Å². The van der Waals surface area contributed by atoms with E-state index >= 15 is 0 Å². The Bertz CT molecular complexity index is 745. The molecule has 0 spiro atoms. The SMILES string of the molecule is O=C(C[C@H]1C[C@H]2CC[C@@H]1C2)OCc1nnc(-c2ccccc2Br)o1. The van der Waals surface area contributed by atoms with Crippen molar-refractivity contribution in [1.82, 2.24) is 10.2 Å². The van der Waals surface area contributed by atoms with E-state index in [9.17, 15) is 4.79 Å². The Labute approximate surface area is 148 Å². The highest BCUT2D eigenvalue weighted by molar-refractivity contribution is 9.10. The third-order valence-corrected chi connectivity index (χ3v) is 5.93. The van der Waals surface area contributed by atoms with E-state index in [-0.39, 0.29) is 12.6 Å². The number of esters is 1. The molecule has 0 saturated heterocycles. The Hall–Kier alpha value is -1.69. The molecule has 2 bridgehead atoms. The number of hydrogen-bond donors (Lipinski definition) is 0.